The highest BCUT2D eigenvalue weighted by Gasteiger charge is 2.21. The molecular formula is C17H29N3O2. The van der Waals surface area contributed by atoms with Crippen molar-refractivity contribution in [1.82, 2.24) is 5.32 Å². The standard InChI is InChI=1S/C17H29N3O2/c1-6-20(5)15-9-7-8-14(10-15)19-16(22)18-12-17(3,4)11-13(2)21/h7-10,13,21H,6,11-12H2,1-5H3,(H2,18,19,22). The Balaban J connectivity index is 2.55. The summed E-state index contributed by atoms with van der Waals surface area (Å²) >= 11 is 0. The summed E-state index contributed by atoms with van der Waals surface area (Å²) in [5.74, 6) is 0. The summed E-state index contributed by atoms with van der Waals surface area (Å²) in [6, 6.07) is 7.53. The Kier molecular flexibility index (Phi) is 6.68. The molecule has 1 aromatic rings. The van der Waals surface area contributed by atoms with Gasteiger partial charge in [0.2, 0.25) is 0 Å². The molecule has 124 valence electrons. The van der Waals surface area contributed by atoms with E-state index in [-0.39, 0.29) is 17.6 Å². The zero-order valence-electron chi connectivity index (χ0n) is 14.3. The van der Waals surface area contributed by atoms with E-state index in [4.69, 9.17) is 0 Å². The third kappa shape index (κ3) is 6.35. The Hall–Kier alpha value is -1.75. The second-order valence-electron chi connectivity index (χ2n) is 6.59. The van der Waals surface area contributed by atoms with Gasteiger partial charge in [-0.3, -0.25) is 0 Å². The van der Waals surface area contributed by atoms with Crippen molar-refractivity contribution in [1.29, 1.82) is 0 Å². The van der Waals surface area contributed by atoms with Crippen LogP contribution < -0.4 is 15.5 Å². The van der Waals surface area contributed by atoms with Gasteiger partial charge in [-0.1, -0.05) is 19.9 Å². The molecule has 5 heteroatoms. The van der Waals surface area contributed by atoms with Gasteiger partial charge in [0.25, 0.3) is 0 Å². The lowest BCUT2D eigenvalue weighted by Crippen LogP contribution is -2.38. The highest BCUT2D eigenvalue weighted by molar-refractivity contribution is 5.89. The van der Waals surface area contributed by atoms with Crippen LogP contribution in [0.5, 0.6) is 0 Å². The molecule has 0 saturated carbocycles. The van der Waals surface area contributed by atoms with Crippen LogP contribution in [0.4, 0.5) is 16.2 Å². The van der Waals surface area contributed by atoms with E-state index >= 15 is 0 Å². The predicted octanol–water partition coefficient (Wildman–Crippen LogP) is 3.06. The summed E-state index contributed by atoms with van der Waals surface area (Å²) < 4.78 is 0. The van der Waals surface area contributed by atoms with E-state index in [0.717, 1.165) is 17.9 Å². The van der Waals surface area contributed by atoms with Gasteiger partial charge >= 0.3 is 6.03 Å². The molecule has 0 aliphatic carbocycles. The van der Waals surface area contributed by atoms with E-state index < -0.39 is 0 Å². The van der Waals surface area contributed by atoms with Gasteiger partial charge in [0.1, 0.15) is 0 Å². The molecule has 0 aliphatic heterocycles. The van der Waals surface area contributed by atoms with Crippen LogP contribution in [0, 0.1) is 5.41 Å². The van der Waals surface area contributed by atoms with Crippen LogP contribution in [0.2, 0.25) is 0 Å². The molecule has 3 N–H and O–H groups in total. The first kappa shape index (κ1) is 18.3. The lowest BCUT2D eigenvalue weighted by molar-refractivity contribution is 0.129. The number of nitrogens with one attached hydrogen (secondary N) is 2. The third-order valence-corrected chi connectivity index (χ3v) is 3.59. The monoisotopic (exact) mass is 307 g/mol. The maximum Gasteiger partial charge on any atom is 0.319 e. The number of benzene rings is 1. The Bertz CT molecular complexity index is 487. The van der Waals surface area contributed by atoms with Crippen LogP contribution in [-0.2, 0) is 0 Å². The normalized spacial score (nSPS) is 12.6. The average molecular weight is 307 g/mol. The van der Waals surface area contributed by atoms with Crippen molar-refractivity contribution < 1.29 is 9.90 Å². The molecule has 0 radical (unpaired) electrons. The van der Waals surface area contributed by atoms with Crippen LogP contribution in [0.1, 0.15) is 34.1 Å². The van der Waals surface area contributed by atoms with E-state index in [0.29, 0.717) is 13.0 Å². The van der Waals surface area contributed by atoms with Crippen LogP contribution in [0.15, 0.2) is 24.3 Å². The minimum absolute atomic E-state index is 0.143. The number of hydrogen-bond acceptors (Lipinski definition) is 3. The first-order chi connectivity index (χ1) is 10.2. The van der Waals surface area contributed by atoms with Crippen molar-refractivity contribution in [3.05, 3.63) is 24.3 Å². The van der Waals surface area contributed by atoms with Crippen LogP contribution in [0.3, 0.4) is 0 Å². The predicted molar refractivity (Wildman–Crippen MR) is 92.5 cm³/mol. The minimum atomic E-state index is -0.374. The zero-order valence-corrected chi connectivity index (χ0v) is 14.3. The quantitative estimate of drug-likeness (QED) is 0.725. The fraction of sp³-hybridized carbons (Fsp3) is 0.588. The molecule has 0 saturated heterocycles. The van der Waals surface area contributed by atoms with E-state index in [1.165, 1.54) is 0 Å². The summed E-state index contributed by atoms with van der Waals surface area (Å²) in [6.45, 7) is 9.31. The molecule has 0 bridgehead atoms. The third-order valence-electron chi connectivity index (χ3n) is 3.59. The molecule has 0 spiro atoms. The second-order valence-corrected chi connectivity index (χ2v) is 6.59. The molecule has 1 atom stereocenters. The number of aliphatic hydroxyl groups is 1. The van der Waals surface area contributed by atoms with E-state index in [1.54, 1.807) is 6.92 Å². The molecule has 2 amide bonds. The van der Waals surface area contributed by atoms with Crippen molar-refractivity contribution in [2.45, 2.75) is 40.2 Å². The Morgan fingerprint density at radius 3 is 2.68 bits per heavy atom. The summed E-state index contributed by atoms with van der Waals surface area (Å²) in [5, 5.41) is 15.2. The summed E-state index contributed by atoms with van der Waals surface area (Å²) in [5.41, 5.74) is 1.69. The number of aliphatic hydroxyl groups excluding tert-OH is 1. The summed E-state index contributed by atoms with van der Waals surface area (Å²) in [6.07, 6.45) is 0.269. The molecule has 1 unspecified atom stereocenters. The highest BCUT2D eigenvalue weighted by Crippen LogP contribution is 2.21. The number of anilines is 2. The van der Waals surface area contributed by atoms with Gasteiger partial charge in [0.15, 0.2) is 0 Å². The maximum atomic E-state index is 12.0. The largest absolute Gasteiger partial charge is 0.393 e. The molecule has 1 rings (SSSR count). The number of nitrogens with zero attached hydrogens (tertiary/aromatic N) is 1. The van der Waals surface area contributed by atoms with E-state index in [2.05, 4.69) is 22.5 Å². The number of carbonyl (C=O) groups excluding carboxylic acids is 1. The molecule has 0 fully saturated rings. The smallest absolute Gasteiger partial charge is 0.319 e. The molecule has 0 aliphatic rings. The second kappa shape index (κ2) is 8.03. The molecule has 1 aromatic carbocycles. The van der Waals surface area contributed by atoms with Gasteiger partial charge in [-0.05, 0) is 43.9 Å². The van der Waals surface area contributed by atoms with Crippen molar-refractivity contribution in [2.75, 3.05) is 30.4 Å². The molecule has 5 nitrogen and oxygen atoms in total. The van der Waals surface area contributed by atoms with Crippen LogP contribution in [-0.4, -0.2) is 37.4 Å². The summed E-state index contributed by atoms with van der Waals surface area (Å²) in [7, 11) is 2.01. The fourth-order valence-electron chi connectivity index (χ4n) is 2.37. The Morgan fingerprint density at radius 2 is 2.09 bits per heavy atom. The minimum Gasteiger partial charge on any atom is -0.393 e. The van der Waals surface area contributed by atoms with Crippen molar-refractivity contribution in [3.8, 4) is 0 Å². The molecule has 0 aromatic heterocycles. The first-order valence-electron chi connectivity index (χ1n) is 7.77. The number of carbonyl (C=O) groups is 1. The van der Waals surface area contributed by atoms with Gasteiger partial charge in [0, 0.05) is 31.5 Å². The van der Waals surface area contributed by atoms with Crippen LogP contribution in [0.25, 0.3) is 0 Å². The van der Waals surface area contributed by atoms with Crippen LogP contribution >= 0.6 is 0 Å². The first-order valence-corrected chi connectivity index (χ1v) is 7.77. The fourth-order valence-corrected chi connectivity index (χ4v) is 2.37. The molecule has 0 heterocycles. The van der Waals surface area contributed by atoms with Crippen molar-refractivity contribution in [3.63, 3.8) is 0 Å². The van der Waals surface area contributed by atoms with Crippen molar-refractivity contribution >= 4 is 17.4 Å². The lowest BCUT2D eigenvalue weighted by Gasteiger charge is -2.26. The lowest BCUT2D eigenvalue weighted by atomic mass is 9.87. The Morgan fingerprint density at radius 1 is 1.41 bits per heavy atom. The average Bonchev–Trinajstić information content (AvgIpc) is 2.43. The number of amides is 2. The van der Waals surface area contributed by atoms with Gasteiger partial charge in [-0.2, -0.15) is 0 Å². The topological polar surface area (TPSA) is 64.6 Å². The van der Waals surface area contributed by atoms with E-state index in [1.807, 2.05) is 45.2 Å². The van der Waals surface area contributed by atoms with Crippen molar-refractivity contribution in [2.24, 2.45) is 5.41 Å². The van der Waals surface area contributed by atoms with Gasteiger partial charge in [-0.25, -0.2) is 4.79 Å². The van der Waals surface area contributed by atoms with E-state index in [9.17, 15) is 9.90 Å². The number of urea groups is 1. The van der Waals surface area contributed by atoms with Gasteiger partial charge in [-0.15, -0.1) is 0 Å². The zero-order chi connectivity index (χ0) is 16.8. The SMILES string of the molecule is CCN(C)c1cccc(NC(=O)NCC(C)(C)CC(C)O)c1. The molecular weight excluding hydrogens is 278 g/mol. The number of hydrogen-bond donors (Lipinski definition) is 3. The summed E-state index contributed by atoms with van der Waals surface area (Å²) in [4.78, 5) is 14.1. The highest BCUT2D eigenvalue weighted by atomic mass is 16.3. The number of rotatable bonds is 7. The Labute approximate surface area is 133 Å². The van der Waals surface area contributed by atoms with Gasteiger partial charge < -0.3 is 20.6 Å². The van der Waals surface area contributed by atoms with Gasteiger partial charge in [0.05, 0.1) is 6.10 Å². The molecule has 22 heavy (non-hydrogen) atoms. The maximum absolute atomic E-state index is 12.0.